The average Bonchev–Trinajstić information content (AvgIpc) is 3.02. The lowest BCUT2D eigenvalue weighted by Gasteiger charge is -2.39. The number of aromatic nitrogens is 2. The van der Waals surface area contributed by atoms with Crippen molar-refractivity contribution in [3.05, 3.63) is 47.6 Å². The smallest absolute Gasteiger partial charge is 0.243 e. The van der Waals surface area contributed by atoms with Crippen LogP contribution in [0.25, 0.3) is 0 Å². The number of benzene rings is 1. The summed E-state index contributed by atoms with van der Waals surface area (Å²) in [4.78, 5) is 20.7. The average molecular weight is 329 g/mol. The van der Waals surface area contributed by atoms with Crippen molar-refractivity contribution in [3.8, 4) is 0 Å². The van der Waals surface area contributed by atoms with Crippen molar-refractivity contribution >= 4 is 5.91 Å². The maximum absolute atomic E-state index is 12.0. The predicted molar refractivity (Wildman–Crippen MR) is 89.0 cm³/mol. The van der Waals surface area contributed by atoms with E-state index in [0.29, 0.717) is 11.7 Å². The number of piperazine rings is 1. The van der Waals surface area contributed by atoms with Crippen LogP contribution in [0.15, 0.2) is 34.9 Å². The third-order valence-corrected chi connectivity index (χ3v) is 4.55. The molecule has 1 amide bonds. The molecular formula is C17H23N5O2. The van der Waals surface area contributed by atoms with Gasteiger partial charge in [0.1, 0.15) is 6.04 Å². The molecule has 3 rings (SSSR count). The van der Waals surface area contributed by atoms with Crippen LogP contribution < -0.4 is 5.73 Å². The molecule has 1 saturated heterocycles. The van der Waals surface area contributed by atoms with Crippen molar-refractivity contribution in [2.75, 3.05) is 26.2 Å². The van der Waals surface area contributed by atoms with E-state index in [1.165, 1.54) is 0 Å². The van der Waals surface area contributed by atoms with Crippen molar-refractivity contribution in [2.24, 2.45) is 5.73 Å². The van der Waals surface area contributed by atoms with Gasteiger partial charge in [-0.05, 0) is 19.4 Å². The third-order valence-electron chi connectivity index (χ3n) is 4.55. The van der Waals surface area contributed by atoms with E-state index in [1.54, 1.807) is 0 Å². The molecule has 7 nitrogen and oxygen atoms in total. The summed E-state index contributed by atoms with van der Waals surface area (Å²) in [5.74, 6) is 0.971. The lowest BCUT2D eigenvalue weighted by atomic mass is 10.0. The van der Waals surface area contributed by atoms with Gasteiger partial charge in [0, 0.05) is 26.2 Å². The molecular weight excluding hydrogens is 306 g/mol. The lowest BCUT2D eigenvalue weighted by Crippen LogP contribution is -2.50. The molecule has 0 aliphatic carbocycles. The molecule has 2 N–H and O–H groups in total. The highest BCUT2D eigenvalue weighted by molar-refractivity contribution is 5.81. The fourth-order valence-corrected chi connectivity index (χ4v) is 3.21. The van der Waals surface area contributed by atoms with Gasteiger partial charge >= 0.3 is 0 Å². The molecule has 2 atom stereocenters. The maximum Gasteiger partial charge on any atom is 0.243 e. The second-order valence-corrected chi connectivity index (χ2v) is 6.14. The molecule has 128 valence electrons. The van der Waals surface area contributed by atoms with Crippen LogP contribution in [0.5, 0.6) is 0 Å². The zero-order chi connectivity index (χ0) is 17.1. The molecule has 0 bridgehead atoms. The number of aryl methyl sites for hydroxylation is 1. The summed E-state index contributed by atoms with van der Waals surface area (Å²) < 4.78 is 5.27. The molecule has 24 heavy (non-hydrogen) atoms. The van der Waals surface area contributed by atoms with Gasteiger partial charge in [-0.15, -0.1) is 0 Å². The molecule has 7 heteroatoms. The van der Waals surface area contributed by atoms with Crippen LogP contribution in [0.3, 0.4) is 0 Å². The number of nitrogens with zero attached hydrogens (tertiary/aromatic N) is 4. The molecule has 1 fully saturated rings. The Morgan fingerprint density at radius 2 is 1.79 bits per heavy atom. The van der Waals surface area contributed by atoms with E-state index in [1.807, 2.05) is 37.3 Å². The summed E-state index contributed by atoms with van der Waals surface area (Å²) in [6.07, 6.45) is 0. The van der Waals surface area contributed by atoms with E-state index in [2.05, 4.69) is 26.9 Å². The summed E-state index contributed by atoms with van der Waals surface area (Å²) in [5.41, 5.74) is 6.60. The number of primary amides is 1. The highest BCUT2D eigenvalue weighted by Crippen LogP contribution is 2.25. The van der Waals surface area contributed by atoms with Crippen molar-refractivity contribution in [2.45, 2.75) is 25.9 Å². The summed E-state index contributed by atoms with van der Waals surface area (Å²) in [6.45, 7) is 7.04. The zero-order valence-corrected chi connectivity index (χ0v) is 14.1. The number of hydrogen-bond donors (Lipinski definition) is 1. The van der Waals surface area contributed by atoms with Gasteiger partial charge in [0.25, 0.3) is 0 Å². The lowest BCUT2D eigenvalue weighted by molar-refractivity contribution is -0.124. The molecule has 1 aliphatic rings. The van der Waals surface area contributed by atoms with Crippen LogP contribution in [-0.4, -0.2) is 52.0 Å². The van der Waals surface area contributed by atoms with Crippen molar-refractivity contribution in [3.63, 3.8) is 0 Å². The molecule has 2 aromatic rings. The molecule has 1 aromatic carbocycles. The quantitative estimate of drug-likeness (QED) is 0.889. The van der Waals surface area contributed by atoms with E-state index in [9.17, 15) is 4.79 Å². The van der Waals surface area contributed by atoms with E-state index in [4.69, 9.17) is 10.3 Å². The molecule has 0 saturated carbocycles. The van der Waals surface area contributed by atoms with E-state index in [0.717, 1.165) is 31.7 Å². The van der Waals surface area contributed by atoms with Crippen LogP contribution in [-0.2, 0) is 4.79 Å². The van der Waals surface area contributed by atoms with Gasteiger partial charge in [0.05, 0.1) is 6.04 Å². The van der Waals surface area contributed by atoms with Gasteiger partial charge in [0.2, 0.25) is 11.8 Å². The molecule has 2 heterocycles. The predicted octanol–water partition coefficient (Wildman–Crippen LogP) is 1.28. The van der Waals surface area contributed by atoms with Crippen LogP contribution in [0, 0.1) is 6.92 Å². The van der Waals surface area contributed by atoms with Gasteiger partial charge in [-0.1, -0.05) is 35.5 Å². The number of nitrogens with two attached hydrogens (primary N) is 1. The Balaban J connectivity index is 1.66. The number of carbonyl (C=O) groups excluding carboxylic acids is 1. The minimum Gasteiger partial charge on any atom is -0.368 e. The third kappa shape index (κ3) is 3.47. The Bertz CT molecular complexity index is 679. The highest BCUT2D eigenvalue weighted by atomic mass is 16.5. The van der Waals surface area contributed by atoms with Gasteiger partial charge < -0.3 is 10.3 Å². The van der Waals surface area contributed by atoms with Gasteiger partial charge in [0.15, 0.2) is 5.82 Å². The first-order valence-electron chi connectivity index (χ1n) is 8.19. The van der Waals surface area contributed by atoms with Crippen LogP contribution in [0.4, 0.5) is 0 Å². The molecule has 0 spiro atoms. The summed E-state index contributed by atoms with van der Waals surface area (Å²) >= 11 is 0. The Labute approximate surface area is 141 Å². The fourth-order valence-electron chi connectivity index (χ4n) is 3.21. The molecule has 0 unspecified atom stereocenters. The summed E-state index contributed by atoms with van der Waals surface area (Å²) in [5, 5.41) is 3.85. The Morgan fingerprint density at radius 1 is 1.17 bits per heavy atom. The number of carbonyl (C=O) groups is 1. The van der Waals surface area contributed by atoms with Crippen LogP contribution >= 0.6 is 0 Å². The van der Waals surface area contributed by atoms with E-state index >= 15 is 0 Å². The van der Waals surface area contributed by atoms with Gasteiger partial charge in [-0.2, -0.15) is 4.98 Å². The van der Waals surface area contributed by atoms with Crippen molar-refractivity contribution in [1.29, 1.82) is 0 Å². The van der Waals surface area contributed by atoms with Crippen LogP contribution in [0.1, 0.15) is 36.3 Å². The summed E-state index contributed by atoms with van der Waals surface area (Å²) in [7, 11) is 0. The Hall–Kier alpha value is -2.25. The van der Waals surface area contributed by atoms with Gasteiger partial charge in [-0.3, -0.25) is 14.6 Å². The molecule has 0 radical (unpaired) electrons. The first kappa shape index (κ1) is 16.6. The normalized spacial score (nSPS) is 19.1. The number of rotatable bonds is 5. The van der Waals surface area contributed by atoms with Crippen molar-refractivity contribution in [1.82, 2.24) is 19.9 Å². The first-order chi connectivity index (χ1) is 11.6. The Kier molecular flexibility index (Phi) is 4.92. The van der Waals surface area contributed by atoms with Gasteiger partial charge in [-0.25, -0.2) is 0 Å². The zero-order valence-electron chi connectivity index (χ0n) is 14.1. The topological polar surface area (TPSA) is 88.5 Å². The molecule has 1 aliphatic heterocycles. The SMILES string of the molecule is Cc1noc([C@H](C)N2CCN([C@@H](C(N)=O)c3ccccc3)CC2)n1. The highest BCUT2D eigenvalue weighted by Gasteiger charge is 2.31. The summed E-state index contributed by atoms with van der Waals surface area (Å²) in [6, 6.07) is 9.39. The standard InChI is InChI=1S/C17H23N5O2/c1-12(17-19-13(2)20-24-17)21-8-10-22(11-9-21)15(16(18)23)14-6-4-3-5-7-14/h3-7,12,15H,8-11H2,1-2H3,(H2,18,23)/t12-,15+/m0/s1. The molecule has 1 aromatic heterocycles. The maximum atomic E-state index is 12.0. The minimum absolute atomic E-state index is 0.0668. The van der Waals surface area contributed by atoms with E-state index < -0.39 is 0 Å². The number of hydrogen-bond acceptors (Lipinski definition) is 6. The van der Waals surface area contributed by atoms with Crippen LogP contribution in [0.2, 0.25) is 0 Å². The monoisotopic (exact) mass is 329 g/mol. The second kappa shape index (κ2) is 7.11. The minimum atomic E-state index is -0.380. The second-order valence-electron chi connectivity index (χ2n) is 6.14. The largest absolute Gasteiger partial charge is 0.368 e. The van der Waals surface area contributed by atoms with Crippen molar-refractivity contribution < 1.29 is 9.32 Å². The fraction of sp³-hybridized carbons (Fsp3) is 0.471. The number of amides is 1. The first-order valence-corrected chi connectivity index (χ1v) is 8.19. The Morgan fingerprint density at radius 3 is 2.33 bits per heavy atom. The van der Waals surface area contributed by atoms with E-state index in [-0.39, 0.29) is 18.0 Å².